The smallest absolute Gasteiger partial charge is 0.326 e. The highest BCUT2D eigenvalue weighted by molar-refractivity contribution is 5.78. The lowest BCUT2D eigenvalue weighted by atomic mass is 9.95. The van der Waals surface area contributed by atoms with Crippen LogP contribution in [0.2, 0.25) is 0 Å². The summed E-state index contributed by atoms with van der Waals surface area (Å²) in [7, 11) is 6.91. The zero-order chi connectivity index (χ0) is 26.2. The van der Waals surface area contributed by atoms with Gasteiger partial charge in [-0.3, -0.25) is 4.98 Å². The lowest BCUT2D eigenvalue weighted by Crippen LogP contribution is -2.33. The summed E-state index contributed by atoms with van der Waals surface area (Å²) in [4.78, 5) is 27.7. The number of carboxylic acids is 1. The number of nitrogens with one attached hydrogen (secondary N) is 1. The van der Waals surface area contributed by atoms with Gasteiger partial charge < -0.3 is 24.8 Å². The van der Waals surface area contributed by atoms with Crippen molar-refractivity contribution in [1.29, 1.82) is 0 Å². The molecule has 1 atom stereocenters. The first kappa shape index (κ1) is 26.7. The largest absolute Gasteiger partial charge is 0.496 e. The number of carbonyl (C=O) groups is 1. The van der Waals surface area contributed by atoms with Crippen LogP contribution in [0, 0.1) is 0 Å². The molecule has 0 aliphatic heterocycles. The average Bonchev–Trinajstić information content (AvgIpc) is 2.89. The van der Waals surface area contributed by atoms with E-state index in [0.29, 0.717) is 29.0 Å². The Bertz CT molecular complexity index is 1140. The summed E-state index contributed by atoms with van der Waals surface area (Å²) in [5.74, 6) is 1.63. The number of nitrogens with zero attached hydrogens (tertiary/aromatic N) is 4. The molecule has 0 fully saturated rings. The van der Waals surface area contributed by atoms with Crippen molar-refractivity contribution >= 4 is 17.7 Å². The Hall–Kier alpha value is -3.88. The molecule has 2 aromatic heterocycles. The molecule has 0 spiro atoms. The molecule has 36 heavy (non-hydrogen) atoms. The standard InChI is InChI=1S/C27H35N5O4/c1-7-18(8-2)19-16-29-27(32(3)4)31-25(19)30-21(26(33)34)14-17-12-13-20(28-15-17)24-22(35-5)10-9-11-23(24)36-6/h9-13,15-16,18,21H,7-8,14H2,1-6H3,(H,33,34)(H,29,30,31)/t21-/m0/s1. The molecule has 1 aromatic carbocycles. The van der Waals surface area contributed by atoms with Gasteiger partial charge in [-0.25, -0.2) is 9.78 Å². The molecule has 0 amide bonds. The van der Waals surface area contributed by atoms with Gasteiger partial charge >= 0.3 is 5.97 Å². The minimum Gasteiger partial charge on any atom is -0.496 e. The van der Waals surface area contributed by atoms with Gasteiger partial charge in [0.1, 0.15) is 23.4 Å². The maximum atomic E-state index is 12.2. The summed E-state index contributed by atoms with van der Waals surface area (Å²) >= 11 is 0. The molecule has 2 heterocycles. The number of pyridine rings is 1. The van der Waals surface area contributed by atoms with Crippen molar-refractivity contribution in [2.75, 3.05) is 38.5 Å². The number of hydrogen-bond donors (Lipinski definition) is 2. The fraction of sp³-hybridized carbons (Fsp3) is 0.407. The van der Waals surface area contributed by atoms with E-state index in [1.807, 2.05) is 44.4 Å². The van der Waals surface area contributed by atoms with Crippen molar-refractivity contribution in [2.45, 2.75) is 45.1 Å². The predicted molar refractivity (Wildman–Crippen MR) is 141 cm³/mol. The van der Waals surface area contributed by atoms with Crippen molar-refractivity contribution in [1.82, 2.24) is 15.0 Å². The molecular weight excluding hydrogens is 458 g/mol. The number of aliphatic carboxylic acids is 1. The molecule has 0 unspecified atom stereocenters. The molecule has 0 radical (unpaired) electrons. The van der Waals surface area contributed by atoms with Crippen molar-refractivity contribution in [3.8, 4) is 22.8 Å². The summed E-state index contributed by atoms with van der Waals surface area (Å²) in [6.45, 7) is 4.22. The number of hydrogen-bond acceptors (Lipinski definition) is 8. The second-order valence-corrected chi connectivity index (χ2v) is 8.71. The van der Waals surface area contributed by atoms with Gasteiger partial charge in [0.15, 0.2) is 0 Å². The van der Waals surface area contributed by atoms with E-state index in [-0.39, 0.29) is 12.3 Å². The Labute approximate surface area is 212 Å². The SMILES string of the molecule is CCC(CC)c1cnc(N(C)C)nc1N[C@@H](Cc1ccc(-c2c(OC)cccc2OC)nc1)C(=O)O. The molecule has 9 nitrogen and oxygen atoms in total. The van der Waals surface area contributed by atoms with Crippen molar-refractivity contribution in [3.63, 3.8) is 0 Å². The van der Waals surface area contributed by atoms with Crippen LogP contribution in [0.4, 0.5) is 11.8 Å². The molecule has 0 saturated heterocycles. The zero-order valence-corrected chi connectivity index (χ0v) is 21.8. The molecule has 3 rings (SSSR count). The number of carboxylic acid groups (broad SMARTS) is 1. The number of benzene rings is 1. The molecule has 3 aromatic rings. The highest BCUT2D eigenvalue weighted by Gasteiger charge is 2.23. The van der Waals surface area contributed by atoms with Crippen LogP contribution in [0.25, 0.3) is 11.3 Å². The van der Waals surface area contributed by atoms with Crippen LogP contribution in [-0.2, 0) is 11.2 Å². The second-order valence-electron chi connectivity index (χ2n) is 8.71. The van der Waals surface area contributed by atoms with E-state index in [9.17, 15) is 9.90 Å². The zero-order valence-electron chi connectivity index (χ0n) is 21.8. The lowest BCUT2D eigenvalue weighted by Gasteiger charge is -2.22. The number of anilines is 2. The summed E-state index contributed by atoms with van der Waals surface area (Å²) in [5.41, 5.74) is 3.12. The van der Waals surface area contributed by atoms with Crippen LogP contribution in [-0.4, -0.2) is 60.4 Å². The lowest BCUT2D eigenvalue weighted by molar-refractivity contribution is -0.137. The van der Waals surface area contributed by atoms with Gasteiger partial charge in [-0.1, -0.05) is 26.0 Å². The molecule has 0 saturated carbocycles. The van der Waals surface area contributed by atoms with Crippen molar-refractivity contribution in [3.05, 3.63) is 53.9 Å². The van der Waals surface area contributed by atoms with E-state index < -0.39 is 12.0 Å². The number of aromatic nitrogens is 3. The minimum absolute atomic E-state index is 0.231. The summed E-state index contributed by atoms with van der Waals surface area (Å²) in [6.07, 6.45) is 5.54. The third-order valence-corrected chi connectivity index (χ3v) is 6.19. The van der Waals surface area contributed by atoms with Crippen LogP contribution in [0.1, 0.15) is 43.7 Å². The average molecular weight is 494 g/mol. The molecule has 0 aliphatic carbocycles. The molecular formula is C27H35N5O4. The highest BCUT2D eigenvalue weighted by atomic mass is 16.5. The molecule has 9 heteroatoms. The molecule has 2 N–H and O–H groups in total. The Balaban J connectivity index is 1.90. The van der Waals surface area contributed by atoms with Crippen LogP contribution in [0.5, 0.6) is 11.5 Å². The Morgan fingerprint density at radius 3 is 2.19 bits per heavy atom. The van der Waals surface area contributed by atoms with Gasteiger partial charge in [-0.2, -0.15) is 4.98 Å². The normalized spacial score (nSPS) is 11.8. The Morgan fingerprint density at radius 1 is 1.03 bits per heavy atom. The van der Waals surface area contributed by atoms with Gasteiger partial charge in [-0.05, 0) is 42.5 Å². The molecule has 0 aliphatic rings. The predicted octanol–water partition coefficient (Wildman–Crippen LogP) is 4.63. The second kappa shape index (κ2) is 12.2. The fourth-order valence-electron chi connectivity index (χ4n) is 4.14. The first-order valence-corrected chi connectivity index (χ1v) is 12.0. The fourth-order valence-corrected chi connectivity index (χ4v) is 4.14. The van der Waals surface area contributed by atoms with Crippen LogP contribution < -0.4 is 19.7 Å². The van der Waals surface area contributed by atoms with Gasteiger partial charge in [-0.15, -0.1) is 0 Å². The van der Waals surface area contributed by atoms with Gasteiger partial charge in [0.25, 0.3) is 0 Å². The van der Waals surface area contributed by atoms with Crippen molar-refractivity contribution in [2.24, 2.45) is 0 Å². The summed E-state index contributed by atoms with van der Waals surface area (Å²) in [6, 6.07) is 8.37. The summed E-state index contributed by atoms with van der Waals surface area (Å²) in [5, 5.41) is 13.2. The van der Waals surface area contributed by atoms with Gasteiger partial charge in [0, 0.05) is 38.5 Å². The maximum Gasteiger partial charge on any atom is 0.326 e. The van der Waals surface area contributed by atoms with Crippen LogP contribution in [0.15, 0.2) is 42.7 Å². The molecule has 0 bridgehead atoms. The van der Waals surface area contributed by atoms with E-state index in [4.69, 9.17) is 9.47 Å². The Kier molecular flexibility index (Phi) is 9.05. The van der Waals surface area contributed by atoms with Crippen molar-refractivity contribution < 1.29 is 19.4 Å². The van der Waals surface area contributed by atoms with E-state index in [1.165, 1.54) is 0 Å². The third-order valence-electron chi connectivity index (χ3n) is 6.19. The highest BCUT2D eigenvalue weighted by Crippen LogP contribution is 2.37. The van der Waals surface area contributed by atoms with E-state index in [1.54, 1.807) is 31.5 Å². The first-order chi connectivity index (χ1) is 17.3. The number of methoxy groups -OCH3 is 2. The third kappa shape index (κ3) is 6.02. The topological polar surface area (TPSA) is 110 Å². The van der Waals surface area contributed by atoms with E-state index in [0.717, 1.165) is 29.5 Å². The Morgan fingerprint density at radius 2 is 1.69 bits per heavy atom. The monoisotopic (exact) mass is 493 g/mol. The van der Waals surface area contributed by atoms with Crippen LogP contribution >= 0.6 is 0 Å². The quantitative estimate of drug-likeness (QED) is 0.373. The molecule has 192 valence electrons. The minimum atomic E-state index is -0.967. The van der Waals surface area contributed by atoms with Gasteiger partial charge in [0.05, 0.1) is 25.5 Å². The number of rotatable bonds is 12. The summed E-state index contributed by atoms with van der Waals surface area (Å²) < 4.78 is 11.0. The van der Waals surface area contributed by atoms with Crippen LogP contribution in [0.3, 0.4) is 0 Å². The maximum absolute atomic E-state index is 12.2. The van der Waals surface area contributed by atoms with E-state index in [2.05, 4.69) is 34.1 Å². The number of ether oxygens (including phenoxy) is 2. The van der Waals surface area contributed by atoms with Gasteiger partial charge in [0.2, 0.25) is 5.95 Å². The first-order valence-electron chi connectivity index (χ1n) is 12.0. The van der Waals surface area contributed by atoms with E-state index >= 15 is 0 Å².